The molecule has 0 aliphatic carbocycles. The molecule has 29 heavy (non-hydrogen) atoms. The molecule has 0 aliphatic heterocycles. The second-order valence-corrected chi connectivity index (χ2v) is 6.62. The summed E-state index contributed by atoms with van der Waals surface area (Å²) < 4.78 is 23.9. The van der Waals surface area contributed by atoms with Crippen molar-refractivity contribution in [2.75, 3.05) is 34.4 Å². The summed E-state index contributed by atoms with van der Waals surface area (Å²) in [5.74, 6) is 1.97. The van der Waals surface area contributed by atoms with Crippen LogP contribution < -0.4 is 20.1 Å². The number of benzene rings is 2. The van der Waals surface area contributed by atoms with Crippen molar-refractivity contribution >= 4 is 16.9 Å². The lowest BCUT2D eigenvalue weighted by Crippen LogP contribution is -2.39. The van der Waals surface area contributed by atoms with Crippen molar-refractivity contribution in [1.29, 1.82) is 0 Å². The van der Waals surface area contributed by atoms with E-state index < -0.39 is 0 Å². The van der Waals surface area contributed by atoms with E-state index >= 15 is 0 Å². The van der Waals surface area contributed by atoms with Crippen LogP contribution in [0.4, 0.5) is 4.39 Å². The van der Waals surface area contributed by atoms with Crippen LogP contribution >= 0.6 is 0 Å². The maximum absolute atomic E-state index is 13.3. The van der Waals surface area contributed by atoms with Gasteiger partial charge in [-0.1, -0.05) is 6.07 Å². The van der Waals surface area contributed by atoms with Crippen LogP contribution in [0.3, 0.4) is 0 Å². The third-order valence-corrected chi connectivity index (χ3v) is 4.79. The molecule has 1 aromatic heterocycles. The van der Waals surface area contributed by atoms with Gasteiger partial charge < -0.3 is 25.1 Å². The average Bonchev–Trinajstić information content (AvgIpc) is 3.14. The molecule has 0 bridgehead atoms. The molecule has 0 saturated heterocycles. The number of guanidine groups is 1. The highest BCUT2D eigenvalue weighted by Gasteiger charge is 2.07. The number of aromatic amines is 1. The molecule has 3 N–H and O–H groups in total. The fraction of sp³-hybridized carbons (Fsp3) is 0.318. The second kappa shape index (κ2) is 9.82. The fourth-order valence-corrected chi connectivity index (χ4v) is 3.26. The number of fused-ring (bicyclic) bond motifs is 1. The topological polar surface area (TPSA) is 70.7 Å². The molecule has 7 heteroatoms. The second-order valence-electron chi connectivity index (χ2n) is 6.62. The Kier molecular flexibility index (Phi) is 6.94. The Bertz CT molecular complexity index is 984. The first kappa shape index (κ1) is 20.5. The Morgan fingerprint density at radius 2 is 1.76 bits per heavy atom. The summed E-state index contributed by atoms with van der Waals surface area (Å²) in [6.07, 6.45) is 3.57. The van der Waals surface area contributed by atoms with Gasteiger partial charge in [0.1, 0.15) is 5.82 Å². The Labute approximate surface area is 170 Å². The van der Waals surface area contributed by atoms with Crippen molar-refractivity contribution in [3.63, 3.8) is 0 Å². The number of halogens is 1. The third-order valence-electron chi connectivity index (χ3n) is 4.79. The van der Waals surface area contributed by atoms with Gasteiger partial charge in [0.2, 0.25) is 0 Å². The molecule has 0 saturated carbocycles. The van der Waals surface area contributed by atoms with E-state index in [0.717, 1.165) is 65.4 Å². The van der Waals surface area contributed by atoms with Crippen molar-refractivity contribution in [2.24, 2.45) is 4.99 Å². The van der Waals surface area contributed by atoms with Gasteiger partial charge >= 0.3 is 0 Å². The molecular weight excluding hydrogens is 371 g/mol. The lowest BCUT2D eigenvalue weighted by molar-refractivity contribution is 0.354. The zero-order chi connectivity index (χ0) is 20.6. The van der Waals surface area contributed by atoms with Crippen molar-refractivity contribution < 1.29 is 13.9 Å². The number of hydrogen-bond acceptors (Lipinski definition) is 3. The number of hydrogen-bond donors (Lipinski definition) is 3. The van der Waals surface area contributed by atoms with Crippen LogP contribution in [0.5, 0.6) is 11.5 Å². The average molecular weight is 398 g/mol. The first-order valence-electron chi connectivity index (χ1n) is 9.55. The van der Waals surface area contributed by atoms with Crippen molar-refractivity contribution in [1.82, 2.24) is 15.6 Å². The summed E-state index contributed by atoms with van der Waals surface area (Å²) in [6.45, 7) is 1.46. The van der Waals surface area contributed by atoms with Crippen LogP contribution in [0.1, 0.15) is 11.1 Å². The van der Waals surface area contributed by atoms with Crippen LogP contribution in [-0.2, 0) is 12.8 Å². The number of nitrogens with zero attached hydrogens (tertiary/aromatic N) is 1. The van der Waals surface area contributed by atoms with E-state index in [1.54, 1.807) is 21.3 Å². The van der Waals surface area contributed by atoms with Crippen LogP contribution in [0.15, 0.2) is 47.6 Å². The van der Waals surface area contributed by atoms with Crippen molar-refractivity contribution in [3.05, 3.63) is 59.5 Å². The minimum absolute atomic E-state index is 0.233. The van der Waals surface area contributed by atoms with E-state index in [1.165, 1.54) is 12.1 Å². The minimum Gasteiger partial charge on any atom is -0.493 e. The third kappa shape index (κ3) is 5.19. The molecule has 3 rings (SSSR count). The summed E-state index contributed by atoms with van der Waals surface area (Å²) in [6, 6.07) is 10.7. The van der Waals surface area contributed by atoms with Crippen molar-refractivity contribution in [3.8, 4) is 11.5 Å². The first-order chi connectivity index (χ1) is 14.1. The number of ether oxygens (including phenoxy) is 2. The van der Waals surface area contributed by atoms with E-state index in [1.807, 2.05) is 30.5 Å². The van der Waals surface area contributed by atoms with E-state index in [2.05, 4.69) is 20.6 Å². The molecule has 0 unspecified atom stereocenters. The largest absolute Gasteiger partial charge is 0.493 e. The number of aliphatic imine (C=N–C) groups is 1. The first-order valence-corrected chi connectivity index (χ1v) is 9.55. The van der Waals surface area contributed by atoms with Gasteiger partial charge in [-0.15, -0.1) is 0 Å². The zero-order valence-electron chi connectivity index (χ0n) is 17.0. The smallest absolute Gasteiger partial charge is 0.190 e. The Morgan fingerprint density at radius 1 is 1.00 bits per heavy atom. The molecular formula is C22H27FN4O2. The molecule has 0 amide bonds. The van der Waals surface area contributed by atoms with Gasteiger partial charge in [0.25, 0.3) is 0 Å². The SMILES string of the molecule is CN=C(NCCc1ccc(OC)c(OC)c1)NCCc1c[nH]c2cc(F)ccc12. The monoisotopic (exact) mass is 398 g/mol. The van der Waals surface area contributed by atoms with Gasteiger partial charge in [-0.25, -0.2) is 4.39 Å². The summed E-state index contributed by atoms with van der Waals surface area (Å²) in [4.78, 5) is 7.38. The molecule has 1 heterocycles. The minimum atomic E-state index is -0.233. The van der Waals surface area contributed by atoms with Crippen LogP contribution in [-0.4, -0.2) is 45.3 Å². The molecule has 2 aromatic carbocycles. The van der Waals surface area contributed by atoms with Gasteiger partial charge in [0.05, 0.1) is 14.2 Å². The summed E-state index contributed by atoms with van der Waals surface area (Å²) >= 11 is 0. The highest BCUT2D eigenvalue weighted by molar-refractivity contribution is 5.83. The predicted octanol–water partition coefficient (Wildman–Crippen LogP) is 3.27. The van der Waals surface area contributed by atoms with Gasteiger partial charge in [0.15, 0.2) is 17.5 Å². The Morgan fingerprint density at radius 3 is 2.48 bits per heavy atom. The van der Waals surface area contributed by atoms with Crippen LogP contribution in [0.25, 0.3) is 10.9 Å². The van der Waals surface area contributed by atoms with Crippen molar-refractivity contribution in [2.45, 2.75) is 12.8 Å². The lowest BCUT2D eigenvalue weighted by atomic mass is 10.1. The highest BCUT2D eigenvalue weighted by atomic mass is 19.1. The number of H-pyrrole nitrogens is 1. The predicted molar refractivity (Wildman–Crippen MR) is 115 cm³/mol. The molecule has 0 aliphatic rings. The van der Waals surface area contributed by atoms with Gasteiger partial charge in [-0.3, -0.25) is 4.99 Å². The number of aromatic nitrogens is 1. The lowest BCUT2D eigenvalue weighted by Gasteiger charge is -2.13. The van der Waals surface area contributed by atoms with Crippen LogP contribution in [0.2, 0.25) is 0 Å². The zero-order valence-corrected chi connectivity index (χ0v) is 17.0. The summed E-state index contributed by atoms with van der Waals surface area (Å²) in [7, 11) is 5.01. The molecule has 3 aromatic rings. The molecule has 0 fully saturated rings. The molecule has 0 atom stereocenters. The van der Waals surface area contributed by atoms with E-state index in [-0.39, 0.29) is 5.82 Å². The van der Waals surface area contributed by atoms with E-state index in [0.29, 0.717) is 0 Å². The molecule has 154 valence electrons. The Hall–Kier alpha value is -3.22. The maximum atomic E-state index is 13.3. The molecule has 0 radical (unpaired) electrons. The number of rotatable bonds is 8. The number of nitrogens with one attached hydrogen (secondary N) is 3. The molecule has 6 nitrogen and oxygen atoms in total. The van der Waals surface area contributed by atoms with Gasteiger partial charge in [-0.2, -0.15) is 0 Å². The summed E-state index contributed by atoms with van der Waals surface area (Å²) in [5.41, 5.74) is 3.11. The standard InChI is InChI=1S/C22H27FN4O2/c1-24-22(25-10-8-15-4-7-20(28-2)21(12-15)29-3)26-11-9-16-14-27-19-13-17(23)5-6-18(16)19/h4-7,12-14,27H,8-11H2,1-3H3,(H2,24,25,26). The Balaban J connectivity index is 1.47. The van der Waals surface area contributed by atoms with Gasteiger partial charge in [-0.05, 0) is 54.3 Å². The highest BCUT2D eigenvalue weighted by Crippen LogP contribution is 2.27. The van der Waals surface area contributed by atoms with E-state index in [4.69, 9.17) is 9.47 Å². The fourth-order valence-electron chi connectivity index (χ4n) is 3.26. The van der Waals surface area contributed by atoms with Gasteiger partial charge in [0, 0.05) is 37.2 Å². The molecule has 0 spiro atoms. The maximum Gasteiger partial charge on any atom is 0.190 e. The quantitative estimate of drug-likeness (QED) is 0.402. The number of methoxy groups -OCH3 is 2. The normalized spacial score (nSPS) is 11.5. The summed E-state index contributed by atoms with van der Waals surface area (Å²) in [5, 5.41) is 7.68. The van der Waals surface area contributed by atoms with Crippen LogP contribution in [0, 0.1) is 5.82 Å². The van der Waals surface area contributed by atoms with E-state index in [9.17, 15) is 4.39 Å².